The Morgan fingerprint density at radius 1 is 1.33 bits per heavy atom. The largest absolute Gasteiger partial charge is 0.508 e. The fraction of sp³-hybridized carbons (Fsp3) is 0. The van der Waals surface area contributed by atoms with E-state index in [-0.39, 0.29) is 12.0 Å². The summed E-state index contributed by atoms with van der Waals surface area (Å²) in [5.41, 5.74) is 0.539. The Kier molecular flexibility index (Phi) is 2.58. The third-order valence-electron chi connectivity index (χ3n) is 1.31. The molecule has 0 aliphatic carbocycles. The summed E-state index contributed by atoms with van der Waals surface area (Å²) in [6.07, 6.45) is 1.22. The van der Waals surface area contributed by atoms with Crippen molar-refractivity contribution in [2.75, 3.05) is 0 Å². The molecule has 1 N–H and O–H groups in total. The van der Waals surface area contributed by atoms with Gasteiger partial charge in [0.05, 0.1) is 0 Å². The number of carbonyl (C=O) groups is 1. The fourth-order valence-electron chi connectivity index (χ4n) is 0.764. The standard InChI is InChI=1S/C9H7FO2/c10-8(6-11)5-7-1-3-9(12)4-2-7/h1-6,12H/b8-5-. The molecule has 0 amide bonds. The summed E-state index contributed by atoms with van der Waals surface area (Å²) in [5.74, 6) is -0.723. The first kappa shape index (κ1) is 8.46. The highest BCUT2D eigenvalue weighted by atomic mass is 19.1. The molecule has 0 heterocycles. The van der Waals surface area contributed by atoms with Crippen LogP contribution < -0.4 is 0 Å². The molecule has 0 spiro atoms. The van der Waals surface area contributed by atoms with Crippen molar-refractivity contribution in [1.82, 2.24) is 0 Å². The van der Waals surface area contributed by atoms with Gasteiger partial charge in [0.25, 0.3) is 0 Å². The average molecular weight is 166 g/mol. The van der Waals surface area contributed by atoms with E-state index < -0.39 is 5.83 Å². The molecule has 0 aliphatic heterocycles. The lowest BCUT2D eigenvalue weighted by molar-refractivity contribution is -0.106. The van der Waals surface area contributed by atoms with Crippen LogP contribution in [0.2, 0.25) is 0 Å². The number of benzene rings is 1. The van der Waals surface area contributed by atoms with Crippen LogP contribution in [-0.4, -0.2) is 11.4 Å². The Morgan fingerprint density at radius 3 is 2.42 bits per heavy atom. The Balaban J connectivity index is 2.91. The summed E-state index contributed by atoms with van der Waals surface area (Å²) >= 11 is 0. The Labute approximate surface area is 69.0 Å². The van der Waals surface area contributed by atoms with Crippen LogP contribution in [0.3, 0.4) is 0 Å². The summed E-state index contributed by atoms with van der Waals surface area (Å²) in [4.78, 5) is 9.88. The number of aromatic hydroxyl groups is 1. The molecule has 0 bridgehead atoms. The predicted octanol–water partition coefficient (Wildman–Crippen LogP) is 1.90. The topological polar surface area (TPSA) is 37.3 Å². The van der Waals surface area contributed by atoms with E-state index in [1.807, 2.05) is 0 Å². The van der Waals surface area contributed by atoms with E-state index in [0.717, 1.165) is 6.08 Å². The van der Waals surface area contributed by atoms with Gasteiger partial charge in [-0.15, -0.1) is 0 Å². The number of carbonyl (C=O) groups excluding carboxylic acids is 1. The summed E-state index contributed by atoms with van der Waals surface area (Å²) in [5, 5.41) is 8.86. The Hall–Kier alpha value is -1.64. The number of allylic oxidation sites excluding steroid dienone is 1. The number of rotatable bonds is 2. The molecule has 1 rings (SSSR count). The molecular formula is C9H7FO2. The van der Waals surface area contributed by atoms with Crippen LogP contribution in [-0.2, 0) is 4.79 Å². The van der Waals surface area contributed by atoms with Crippen LogP contribution in [0.5, 0.6) is 5.75 Å². The Bertz CT molecular complexity index is 301. The molecule has 0 radical (unpaired) electrons. The van der Waals surface area contributed by atoms with Crippen molar-refractivity contribution in [2.24, 2.45) is 0 Å². The van der Waals surface area contributed by atoms with Gasteiger partial charge in [0.15, 0.2) is 12.1 Å². The molecule has 0 saturated carbocycles. The van der Waals surface area contributed by atoms with Crippen molar-refractivity contribution in [1.29, 1.82) is 0 Å². The highest BCUT2D eigenvalue weighted by Crippen LogP contribution is 2.12. The van der Waals surface area contributed by atoms with Crippen molar-refractivity contribution in [3.8, 4) is 5.75 Å². The second kappa shape index (κ2) is 3.67. The van der Waals surface area contributed by atoms with Crippen LogP contribution in [0.25, 0.3) is 6.08 Å². The van der Waals surface area contributed by atoms with Crippen molar-refractivity contribution < 1.29 is 14.3 Å². The Morgan fingerprint density at radius 2 is 1.92 bits per heavy atom. The molecule has 0 aliphatic rings. The quantitative estimate of drug-likeness (QED) is 0.538. The fourth-order valence-corrected chi connectivity index (χ4v) is 0.764. The van der Waals surface area contributed by atoms with E-state index >= 15 is 0 Å². The van der Waals surface area contributed by atoms with Crippen LogP contribution >= 0.6 is 0 Å². The highest BCUT2D eigenvalue weighted by Gasteiger charge is 1.92. The third-order valence-corrected chi connectivity index (χ3v) is 1.31. The van der Waals surface area contributed by atoms with Crippen molar-refractivity contribution in [3.05, 3.63) is 35.7 Å². The van der Waals surface area contributed by atoms with Gasteiger partial charge in [0.1, 0.15) is 5.75 Å². The maximum Gasteiger partial charge on any atom is 0.178 e. The normalized spacial score (nSPS) is 11.2. The minimum atomic E-state index is -0.833. The van der Waals surface area contributed by atoms with Gasteiger partial charge in [0.2, 0.25) is 0 Å². The van der Waals surface area contributed by atoms with Gasteiger partial charge in [-0.3, -0.25) is 4.79 Å². The third kappa shape index (κ3) is 2.20. The molecular weight excluding hydrogens is 159 g/mol. The SMILES string of the molecule is O=C/C(F)=C/c1ccc(O)cc1. The summed E-state index contributed by atoms with van der Waals surface area (Å²) in [7, 11) is 0. The van der Waals surface area contributed by atoms with Crippen molar-refractivity contribution in [2.45, 2.75) is 0 Å². The molecule has 0 unspecified atom stereocenters. The van der Waals surface area contributed by atoms with Gasteiger partial charge < -0.3 is 5.11 Å². The molecule has 1 aromatic carbocycles. The number of phenols is 1. The zero-order valence-electron chi connectivity index (χ0n) is 6.20. The summed E-state index contributed by atoms with van der Waals surface area (Å²) < 4.78 is 12.3. The first-order valence-electron chi connectivity index (χ1n) is 3.34. The van der Waals surface area contributed by atoms with Gasteiger partial charge in [-0.05, 0) is 23.8 Å². The molecule has 0 aromatic heterocycles. The molecule has 0 saturated heterocycles. The lowest BCUT2D eigenvalue weighted by Gasteiger charge is -1.92. The second-order valence-corrected chi connectivity index (χ2v) is 2.24. The van der Waals surface area contributed by atoms with Gasteiger partial charge in [-0.2, -0.15) is 0 Å². The summed E-state index contributed by atoms with van der Waals surface area (Å²) in [6, 6.07) is 5.87. The number of halogens is 1. The minimum Gasteiger partial charge on any atom is -0.508 e. The van der Waals surface area contributed by atoms with E-state index in [1.54, 1.807) is 0 Å². The maximum absolute atomic E-state index is 12.3. The zero-order valence-corrected chi connectivity index (χ0v) is 6.20. The van der Waals surface area contributed by atoms with Crippen LogP contribution in [0, 0.1) is 0 Å². The molecule has 0 atom stereocenters. The lowest BCUT2D eigenvalue weighted by atomic mass is 10.2. The number of hydrogen-bond acceptors (Lipinski definition) is 2. The smallest absolute Gasteiger partial charge is 0.178 e. The van der Waals surface area contributed by atoms with Crippen LogP contribution in [0.1, 0.15) is 5.56 Å². The van der Waals surface area contributed by atoms with Crippen LogP contribution in [0.4, 0.5) is 4.39 Å². The average Bonchev–Trinajstić information content (AvgIpc) is 2.09. The predicted molar refractivity (Wildman–Crippen MR) is 43.3 cm³/mol. The first-order valence-corrected chi connectivity index (χ1v) is 3.34. The number of hydrogen-bond donors (Lipinski definition) is 1. The van der Waals surface area contributed by atoms with Crippen molar-refractivity contribution >= 4 is 12.4 Å². The zero-order chi connectivity index (χ0) is 8.97. The van der Waals surface area contributed by atoms with Crippen LogP contribution in [0.15, 0.2) is 30.1 Å². The molecule has 0 fully saturated rings. The van der Waals surface area contributed by atoms with E-state index in [2.05, 4.69) is 0 Å². The van der Waals surface area contributed by atoms with E-state index in [4.69, 9.17) is 5.11 Å². The molecule has 12 heavy (non-hydrogen) atoms. The first-order chi connectivity index (χ1) is 5.72. The van der Waals surface area contributed by atoms with Gasteiger partial charge in [-0.25, -0.2) is 4.39 Å². The number of phenolic OH excluding ortho intramolecular Hbond substituents is 1. The van der Waals surface area contributed by atoms with E-state index in [0.29, 0.717) is 5.56 Å². The van der Waals surface area contributed by atoms with Gasteiger partial charge in [-0.1, -0.05) is 12.1 Å². The molecule has 1 aromatic rings. The monoisotopic (exact) mass is 166 g/mol. The highest BCUT2D eigenvalue weighted by molar-refractivity contribution is 5.78. The second-order valence-electron chi connectivity index (χ2n) is 2.24. The van der Waals surface area contributed by atoms with E-state index in [1.165, 1.54) is 24.3 Å². The van der Waals surface area contributed by atoms with Crippen molar-refractivity contribution in [3.63, 3.8) is 0 Å². The van der Waals surface area contributed by atoms with Gasteiger partial charge >= 0.3 is 0 Å². The van der Waals surface area contributed by atoms with E-state index in [9.17, 15) is 9.18 Å². The molecule has 62 valence electrons. The molecule has 2 nitrogen and oxygen atoms in total. The number of aldehydes is 1. The molecule has 3 heteroatoms. The minimum absolute atomic E-state index is 0.110. The summed E-state index contributed by atoms with van der Waals surface area (Å²) in [6.45, 7) is 0. The van der Waals surface area contributed by atoms with Gasteiger partial charge in [0, 0.05) is 0 Å². The lowest BCUT2D eigenvalue weighted by Crippen LogP contribution is -1.75. The maximum atomic E-state index is 12.3.